The molecule has 2 aromatic rings. The summed E-state index contributed by atoms with van der Waals surface area (Å²) in [6.07, 6.45) is -0.401. The number of amides is 1. The van der Waals surface area contributed by atoms with Gasteiger partial charge in [-0.05, 0) is 25.1 Å². The topological polar surface area (TPSA) is 62.4 Å². The number of hydrogen-bond acceptors (Lipinski definition) is 4. The molecule has 0 aliphatic heterocycles. The molecule has 1 atom stereocenters. The molecule has 0 heterocycles. The Morgan fingerprint density at radius 2 is 1.80 bits per heavy atom. The number of carbonyl (C=O) groups is 1. The second-order valence-electron chi connectivity index (χ2n) is 6.08. The molecule has 0 radical (unpaired) electrons. The summed E-state index contributed by atoms with van der Waals surface area (Å²) in [5.74, 6) is 0. The van der Waals surface area contributed by atoms with Gasteiger partial charge in [-0.15, -0.1) is 0 Å². The van der Waals surface area contributed by atoms with Crippen molar-refractivity contribution in [2.24, 2.45) is 0 Å². The van der Waals surface area contributed by atoms with E-state index in [0.29, 0.717) is 13.1 Å². The van der Waals surface area contributed by atoms with Crippen LogP contribution in [0.15, 0.2) is 54.6 Å². The molecule has 0 saturated carbocycles. The number of benzene rings is 2. The van der Waals surface area contributed by atoms with Gasteiger partial charge in [-0.2, -0.15) is 0 Å². The van der Waals surface area contributed by atoms with E-state index in [4.69, 9.17) is 4.74 Å². The van der Waals surface area contributed by atoms with E-state index in [1.54, 1.807) is 0 Å². The molecule has 0 aliphatic rings. The van der Waals surface area contributed by atoms with Crippen molar-refractivity contribution in [2.45, 2.75) is 26.1 Å². The summed E-state index contributed by atoms with van der Waals surface area (Å²) < 4.78 is 5.28. The summed E-state index contributed by atoms with van der Waals surface area (Å²) in [6.45, 7) is 4.45. The van der Waals surface area contributed by atoms with Gasteiger partial charge in [-0.1, -0.05) is 60.2 Å². The molecule has 0 spiro atoms. The van der Waals surface area contributed by atoms with Crippen molar-refractivity contribution in [3.8, 4) is 0 Å². The largest absolute Gasteiger partial charge is 0.445 e. The molecule has 5 nitrogen and oxygen atoms in total. The Labute approximate surface area is 149 Å². The molecule has 0 saturated heterocycles. The summed E-state index contributed by atoms with van der Waals surface area (Å²) in [4.78, 5) is 12.0. The maximum absolute atomic E-state index is 12.0. The zero-order valence-corrected chi connectivity index (χ0v) is 14.9. The molecule has 3 N–H and O–H groups in total. The van der Waals surface area contributed by atoms with Gasteiger partial charge in [0.2, 0.25) is 0 Å². The van der Waals surface area contributed by atoms with Crippen LogP contribution in [-0.2, 0) is 17.9 Å². The van der Waals surface area contributed by atoms with Crippen molar-refractivity contribution in [2.75, 3.05) is 20.1 Å². The summed E-state index contributed by atoms with van der Waals surface area (Å²) >= 11 is 0. The second kappa shape index (κ2) is 10.5. The second-order valence-corrected chi connectivity index (χ2v) is 6.08. The maximum Gasteiger partial charge on any atom is 0.407 e. The van der Waals surface area contributed by atoms with Crippen molar-refractivity contribution < 1.29 is 9.53 Å². The third kappa shape index (κ3) is 7.37. The summed E-state index contributed by atoms with van der Waals surface area (Å²) in [5.41, 5.74) is 3.45. The van der Waals surface area contributed by atoms with Crippen LogP contribution >= 0.6 is 0 Å². The van der Waals surface area contributed by atoms with Crippen LogP contribution < -0.4 is 16.0 Å². The van der Waals surface area contributed by atoms with Crippen LogP contribution in [0.4, 0.5) is 4.79 Å². The first kappa shape index (κ1) is 19.0. The van der Waals surface area contributed by atoms with Gasteiger partial charge in [-0.25, -0.2) is 4.79 Å². The average molecular weight is 341 g/mol. The lowest BCUT2D eigenvalue weighted by molar-refractivity contribution is 0.135. The van der Waals surface area contributed by atoms with Crippen LogP contribution in [0.2, 0.25) is 0 Å². The number of alkyl carbamates (subject to hydrolysis) is 1. The van der Waals surface area contributed by atoms with Gasteiger partial charge < -0.3 is 20.7 Å². The molecule has 1 amide bonds. The number of rotatable bonds is 9. The molecular formula is C20H27N3O2. The van der Waals surface area contributed by atoms with E-state index in [1.807, 2.05) is 37.4 Å². The molecule has 0 bridgehead atoms. The quantitative estimate of drug-likeness (QED) is 0.656. The first-order chi connectivity index (χ1) is 12.2. The number of ether oxygens (including phenoxy) is 1. The Morgan fingerprint density at radius 3 is 2.52 bits per heavy atom. The van der Waals surface area contributed by atoms with Crippen LogP contribution in [0, 0.1) is 6.92 Å². The van der Waals surface area contributed by atoms with E-state index in [2.05, 4.69) is 47.1 Å². The summed E-state index contributed by atoms with van der Waals surface area (Å²) in [6, 6.07) is 18.0. The van der Waals surface area contributed by atoms with Crippen LogP contribution in [0.5, 0.6) is 0 Å². The Morgan fingerprint density at radius 1 is 1.04 bits per heavy atom. The van der Waals surface area contributed by atoms with Gasteiger partial charge in [0, 0.05) is 19.6 Å². The zero-order valence-electron chi connectivity index (χ0n) is 14.9. The smallest absolute Gasteiger partial charge is 0.407 e. The normalized spacial score (nSPS) is 11.8. The Kier molecular flexibility index (Phi) is 7.95. The van der Waals surface area contributed by atoms with Crippen molar-refractivity contribution in [3.63, 3.8) is 0 Å². The highest BCUT2D eigenvalue weighted by Crippen LogP contribution is 2.03. The summed E-state index contributed by atoms with van der Waals surface area (Å²) in [7, 11) is 1.87. The van der Waals surface area contributed by atoms with Crippen LogP contribution in [-0.4, -0.2) is 32.3 Å². The minimum atomic E-state index is -0.401. The molecule has 0 fully saturated rings. The predicted molar refractivity (Wildman–Crippen MR) is 100 cm³/mol. The van der Waals surface area contributed by atoms with Crippen molar-refractivity contribution in [1.29, 1.82) is 0 Å². The van der Waals surface area contributed by atoms with Gasteiger partial charge in [0.05, 0.1) is 6.04 Å². The third-order valence-electron chi connectivity index (χ3n) is 3.79. The Bertz CT molecular complexity index is 646. The van der Waals surface area contributed by atoms with E-state index in [-0.39, 0.29) is 12.6 Å². The highest BCUT2D eigenvalue weighted by atomic mass is 16.5. The zero-order chi connectivity index (χ0) is 17.9. The summed E-state index contributed by atoms with van der Waals surface area (Å²) in [5, 5.41) is 9.38. The molecule has 2 aromatic carbocycles. The van der Waals surface area contributed by atoms with Gasteiger partial charge in [-0.3, -0.25) is 0 Å². The van der Waals surface area contributed by atoms with E-state index in [0.717, 1.165) is 12.1 Å². The average Bonchev–Trinajstić information content (AvgIpc) is 2.61. The van der Waals surface area contributed by atoms with E-state index < -0.39 is 6.09 Å². The van der Waals surface area contributed by atoms with Gasteiger partial charge in [0.15, 0.2) is 0 Å². The third-order valence-corrected chi connectivity index (χ3v) is 3.79. The predicted octanol–water partition coefficient (Wildman–Crippen LogP) is 2.60. The maximum atomic E-state index is 12.0. The fraction of sp³-hybridized carbons (Fsp3) is 0.350. The lowest BCUT2D eigenvalue weighted by atomic mass is 10.1. The van der Waals surface area contributed by atoms with Gasteiger partial charge in [0.25, 0.3) is 0 Å². The lowest BCUT2D eigenvalue weighted by Crippen LogP contribution is -2.47. The number of likely N-dealkylation sites (N-methyl/N-ethyl adjacent to an activating group) is 1. The van der Waals surface area contributed by atoms with Crippen LogP contribution in [0.3, 0.4) is 0 Å². The van der Waals surface area contributed by atoms with Gasteiger partial charge >= 0.3 is 6.09 Å². The molecule has 25 heavy (non-hydrogen) atoms. The highest BCUT2D eigenvalue weighted by Gasteiger charge is 2.12. The minimum Gasteiger partial charge on any atom is -0.445 e. The number of hydrogen-bond donors (Lipinski definition) is 3. The van der Waals surface area contributed by atoms with Crippen molar-refractivity contribution >= 4 is 6.09 Å². The van der Waals surface area contributed by atoms with Crippen molar-refractivity contribution in [3.05, 3.63) is 71.3 Å². The molecule has 5 heteroatoms. The Balaban J connectivity index is 1.74. The molecular weight excluding hydrogens is 314 g/mol. The number of carbonyl (C=O) groups excluding carboxylic acids is 1. The molecule has 0 unspecified atom stereocenters. The number of nitrogens with one attached hydrogen (secondary N) is 3. The van der Waals surface area contributed by atoms with Crippen molar-refractivity contribution in [1.82, 2.24) is 16.0 Å². The van der Waals surface area contributed by atoms with E-state index >= 15 is 0 Å². The standard InChI is InChI=1S/C20H27N3O2/c1-16-7-6-10-18(11-16)12-22-14-19(13-21-2)23-20(24)25-15-17-8-4-3-5-9-17/h3-11,19,21-22H,12-15H2,1-2H3,(H,23,24)/t19-/m1/s1. The highest BCUT2D eigenvalue weighted by molar-refractivity contribution is 5.67. The first-order valence-corrected chi connectivity index (χ1v) is 8.55. The number of aryl methyl sites for hydroxylation is 1. The van der Waals surface area contributed by atoms with Gasteiger partial charge in [0.1, 0.15) is 6.61 Å². The fourth-order valence-electron chi connectivity index (χ4n) is 2.56. The molecule has 134 valence electrons. The minimum absolute atomic E-state index is 0.0434. The monoisotopic (exact) mass is 341 g/mol. The van der Waals surface area contributed by atoms with Crippen LogP contribution in [0.1, 0.15) is 16.7 Å². The Hall–Kier alpha value is -2.37. The molecule has 0 aliphatic carbocycles. The molecule has 2 rings (SSSR count). The van der Waals surface area contributed by atoms with Crippen LogP contribution in [0.25, 0.3) is 0 Å². The van der Waals surface area contributed by atoms with E-state index in [1.165, 1.54) is 11.1 Å². The SMILES string of the molecule is CNC[C@H](CNCc1cccc(C)c1)NC(=O)OCc1ccccc1. The fourth-order valence-corrected chi connectivity index (χ4v) is 2.56. The molecule has 0 aromatic heterocycles. The first-order valence-electron chi connectivity index (χ1n) is 8.55. The lowest BCUT2D eigenvalue weighted by Gasteiger charge is -2.19. The van der Waals surface area contributed by atoms with E-state index in [9.17, 15) is 4.79 Å².